The molecule has 0 aliphatic heterocycles. The van der Waals surface area contributed by atoms with E-state index in [0.29, 0.717) is 17.2 Å². The van der Waals surface area contributed by atoms with Crippen LogP contribution >= 0.6 is 0 Å². The molecule has 0 radical (unpaired) electrons. The monoisotopic (exact) mass is 321 g/mol. The zero-order valence-corrected chi connectivity index (χ0v) is 13.8. The summed E-state index contributed by atoms with van der Waals surface area (Å²) in [6, 6.07) is 4.68. The number of nitrogens with one attached hydrogen (secondary N) is 1. The molecule has 126 valence electrons. The summed E-state index contributed by atoms with van der Waals surface area (Å²) in [5, 5.41) is 12.2. The number of benzene rings is 1. The highest BCUT2D eigenvalue weighted by Crippen LogP contribution is 2.26. The number of esters is 1. The first-order chi connectivity index (χ1) is 10.8. The Hall–Kier alpha value is -2.50. The van der Waals surface area contributed by atoms with Crippen molar-refractivity contribution in [3.05, 3.63) is 29.8 Å². The fourth-order valence-corrected chi connectivity index (χ4v) is 1.61. The number of hydrogen-bond donors (Lipinski definition) is 2. The number of rotatable bonds is 7. The molecule has 1 atom stereocenters. The Morgan fingerprint density at radius 2 is 2.00 bits per heavy atom. The minimum absolute atomic E-state index is 0.0150. The van der Waals surface area contributed by atoms with Crippen molar-refractivity contribution in [2.45, 2.75) is 26.8 Å². The van der Waals surface area contributed by atoms with E-state index in [0.717, 1.165) is 0 Å². The third kappa shape index (κ3) is 6.42. The summed E-state index contributed by atoms with van der Waals surface area (Å²) in [7, 11) is 1.44. The highest BCUT2D eigenvalue weighted by atomic mass is 16.5. The van der Waals surface area contributed by atoms with Gasteiger partial charge in [0.2, 0.25) is 0 Å². The molecule has 0 saturated heterocycles. The lowest BCUT2D eigenvalue weighted by Crippen LogP contribution is -2.38. The van der Waals surface area contributed by atoms with Crippen LogP contribution in [0.1, 0.15) is 26.3 Å². The molecule has 2 N–H and O–H groups in total. The molecule has 0 unspecified atom stereocenters. The summed E-state index contributed by atoms with van der Waals surface area (Å²) >= 11 is 0. The van der Waals surface area contributed by atoms with Crippen LogP contribution in [0.2, 0.25) is 0 Å². The van der Waals surface area contributed by atoms with E-state index >= 15 is 0 Å². The van der Waals surface area contributed by atoms with Gasteiger partial charge >= 0.3 is 5.97 Å². The normalized spacial score (nSPS) is 12.2. The first kappa shape index (κ1) is 18.5. The highest BCUT2D eigenvalue weighted by Gasteiger charge is 2.11. The van der Waals surface area contributed by atoms with Crippen molar-refractivity contribution in [2.24, 2.45) is 5.92 Å². The Morgan fingerprint density at radius 1 is 1.30 bits per heavy atom. The average Bonchev–Trinajstić information content (AvgIpc) is 2.51. The van der Waals surface area contributed by atoms with E-state index in [4.69, 9.17) is 9.47 Å². The fraction of sp³-hybridized carbons (Fsp3) is 0.412. The van der Waals surface area contributed by atoms with Crippen molar-refractivity contribution in [3.8, 4) is 11.5 Å². The number of aromatic hydroxyl groups is 1. The zero-order valence-electron chi connectivity index (χ0n) is 13.8. The van der Waals surface area contributed by atoms with Gasteiger partial charge in [-0.05, 0) is 36.6 Å². The molecule has 0 aliphatic rings. The predicted octanol–water partition coefficient (Wildman–Crippen LogP) is 2.12. The Morgan fingerprint density at radius 3 is 2.61 bits per heavy atom. The van der Waals surface area contributed by atoms with Crippen LogP contribution in [-0.2, 0) is 14.3 Å². The molecular weight excluding hydrogens is 298 g/mol. The van der Waals surface area contributed by atoms with Gasteiger partial charge in [-0.3, -0.25) is 4.79 Å². The molecule has 23 heavy (non-hydrogen) atoms. The van der Waals surface area contributed by atoms with Gasteiger partial charge in [0.15, 0.2) is 18.1 Å². The minimum atomic E-state index is -0.621. The summed E-state index contributed by atoms with van der Waals surface area (Å²) in [4.78, 5) is 23.2. The van der Waals surface area contributed by atoms with Crippen LogP contribution < -0.4 is 10.1 Å². The summed E-state index contributed by atoms with van der Waals surface area (Å²) in [6.45, 7) is 5.55. The van der Waals surface area contributed by atoms with Gasteiger partial charge in [-0.1, -0.05) is 19.9 Å². The number of methoxy groups -OCH3 is 1. The maximum Gasteiger partial charge on any atom is 0.331 e. The third-order valence-corrected chi connectivity index (χ3v) is 3.35. The molecule has 0 saturated carbocycles. The second-order valence-electron chi connectivity index (χ2n) is 5.47. The first-order valence-corrected chi connectivity index (χ1v) is 7.34. The maximum absolute atomic E-state index is 11.6. The number of carbonyl (C=O) groups excluding carboxylic acids is 2. The molecule has 1 aromatic carbocycles. The minimum Gasteiger partial charge on any atom is -0.504 e. The lowest BCUT2D eigenvalue weighted by molar-refractivity contribution is -0.144. The van der Waals surface area contributed by atoms with E-state index in [9.17, 15) is 14.7 Å². The molecular formula is C17H23NO5. The molecule has 0 spiro atoms. The average molecular weight is 321 g/mol. The third-order valence-electron chi connectivity index (χ3n) is 3.35. The Kier molecular flexibility index (Phi) is 7.12. The van der Waals surface area contributed by atoms with Gasteiger partial charge in [0.05, 0.1) is 7.11 Å². The number of phenolic OH excluding ortho intramolecular Hbond substituents is 1. The largest absolute Gasteiger partial charge is 0.504 e. The second-order valence-corrected chi connectivity index (χ2v) is 5.47. The Balaban J connectivity index is 2.49. The van der Waals surface area contributed by atoms with Gasteiger partial charge in [-0.15, -0.1) is 0 Å². The van der Waals surface area contributed by atoms with Gasteiger partial charge in [0.1, 0.15) is 0 Å². The molecule has 6 nitrogen and oxygen atoms in total. The number of carbonyl (C=O) groups is 2. The van der Waals surface area contributed by atoms with Crippen LogP contribution in [0.5, 0.6) is 11.5 Å². The first-order valence-electron chi connectivity index (χ1n) is 7.34. The summed E-state index contributed by atoms with van der Waals surface area (Å²) in [5.41, 5.74) is 0.662. The van der Waals surface area contributed by atoms with Gasteiger partial charge in [-0.2, -0.15) is 0 Å². The lowest BCUT2D eigenvalue weighted by Gasteiger charge is -2.16. The molecule has 1 rings (SSSR count). The van der Waals surface area contributed by atoms with Crippen molar-refractivity contribution in [1.82, 2.24) is 5.32 Å². The molecule has 0 fully saturated rings. The maximum atomic E-state index is 11.6. The fourth-order valence-electron chi connectivity index (χ4n) is 1.61. The van der Waals surface area contributed by atoms with E-state index in [1.807, 2.05) is 20.8 Å². The van der Waals surface area contributed by atoms with Crippen LogP contribution in [0.25, 0.3) is 6.08 Å². The number of ether oxygens (including phenoxy) is 2. The van der Waals surface area contributed by atoms with Gasteiger partial charge in [-0.25, -0.2) is 4.79 Å². The number of amides is 1. The molecule has 0 aliphatic carbocycles. The molecule has 1 amide bonds. The van der Waals surface area contributed by atoms with Crippen LogP contribution in [0, 0.1) is 5.92 Å². The summed E-state index contributed by atoms with van der Waals surface area (Å²) < 4.78 is 9.84. The Bertz CT molecular complexity index is 580. The molecule has 0 bridgehead atoms. The second kappa shape index (κ2) is 8.82. The van der Waals surface area contributed by atoms with Crippen LogP contribution in [-0.4, -0.2) is 36.7 Å². The number of hydrogen-bond acceptors (Lipinski definition) is 5. The smallest absolute Gasteiger partial charge is 0.331 e. The van der Waals surface area contributed by atoms with E-state index < -0.39 is 5.97 Å². The van der Waals surface area contributed by atoms with Crippen molar-refractivity contribution >= 4 is 18.0 Å². The molecule has 1 aromatic rings. The van der Waals surface area contributed by atoms with Crippen LogP contribution in [0.15, 0.2) is 24.3 Å². The van der Waals surface area contributed by atoms with Crippen molar-refractivity contribution < 1.29 is 24.2 Å². The lowest BCUT2D eigenvalue weighted by atomic mass is 10.1. The standard InChI is InChI=1S/C17H23NO5/c1-11(2)12(3)18-16(20)10-23-17(21)8-6-13-5-7-14(19)15(9-13)22-4/h5-9,11-12,19H,10H2,1-4H3,(H,18,20)/b8-6+/t12-/m0/s1. The summed E-state index contributed by atoms with van der Waals surface area (Å²) in [5.74, 6) is -0.326. The predicted molar refractivity (Wildman–Crippen MR) is 87.1 cm³/mol. The summed E-state index contributed by atoms with van der Waals surface area (Å²) in [6.07, 6.45) is 2.73. The van der Waals surface area contributed by atoms with Gasteiger partial charge < -0.3 is 19.9 Å². The Labute approximate surface area is 136 Å². The van der Waals surface area contributed by atoms with Crippen molar-refractivity contribution in [3.63, 3.8) is 0 Å². The number of phenols is 1. The SMILES string of the molecule is COc1cc(/C=C/C(=O)OCC(=O)N[C@@H](C)C(C)C)ccc1O. The molecule has 6 heteroatoms. The molecule has 0 heterocycles. The van der Waals surface area contributed by atoms with Crippen molar-refractivity contribution in [1.29, 1.82) is 0 Å². The van der Waals surface area contributed by atoms with Gasteiger partial charge in [0.25, 0.3) is 5.91 Å². The topological polar surface area (TPSA) is 84.9 Å². The molecule has 0 aromatic heterocycles. The van der Waals surface area contributed by atoms with Gasteiger partial charge in [0, 0.05) is 12.1 Å². The van der Waals surface area contributed by atoms with Crippen molar-refractivity contribution in [2.75, 3.05) is 13.7 Å². The van der Waals surface area contributed by atoms with Crippen LogP contribution in [0.4, 0.5) is 0 Å². The van der Waals surface area contributed by atoms with E-state index in [1.165, 1.54) is 25.3 Å². The highest BCUT2D eigenvalue weighted by molar-refractivity contribution is 5.89. The van der Waals surface area contributed by atoms with E-state index in [2.05, 4.69) is 5.32 Å². The zero-order chi connectivity index (χ0) is 17.4. The van der Waals surface area contributed by atoms with E-state index in [-0.39, 0.29) is 24.3 Å². The van der Waals surface area contributed by atoms with Crippen LogP contribution in [0.3, 0.4) is 0 Å². The quantitative estimate of drug-likeness (QED) is 0.593. The van der Waals surface area contributed by atoms with E-state index in [1.54, 1.807) is 12.1 Å².